The minimum atomic E-state index is -0.973. The van der Waals surface area contributed by atoms with E-state index in [2.05, 4.69) is 0 Å². The monoisotopic (exact) mass is 339 g/mol. The second kappa shape index (κ2) is 8.80. The van der Waals surface area contributed by atoms with Crippen molar-refractivity contribution in [1.29, 1.82) is 0 Å². The van der Waals surface area contributed by atoms with Gasteiger partial charge >= 0.3 is 5.97 Å². The van der Waals surface area contributed by atoms with E-state index in [1.807, 2.05) is 19.0 Å². The number of benzene rings is 2. The fourth-order valence-corrected chi connectivity index (χ4v) is 2.07. The smallest absolute Gasteiger partial charge is 0.335 e. The molecule has 1 N–H and O–H groups in total. The van der Waals surface area contributed by atoms with Crippen LogP contribution in [-0.4, -0.2) is 49.0 Å². The first-order valence-corrected chi connectivity index (χ1v) is 7.89. The Hall–Kier alpha value is -2.92. The van der Waals surface area contributed by atoms with E-state index < -0.39 is 5.97 Å². The van der Waals surface area contributed by atoms with Crippen LogP contribution in [0.5, 0.6) is 5.75 Å². The van der Waals surface area contributed by atoms with Gasteiger partial charge in [-0.05, 0) is 62.1 Å². The highest BCUT2D eigenvalue weighted by molar-refractivity contribution is 6.06. The molecule has 0 aliphatic rings. The Bertz CT molecular complexity index is 746. The van der Waals surface area contributed by atoms with Gasteiger partial charge in [0.05, 0.1) is 5.56 Å². The molecule has 0 aliphatic heterocycles. The molecule has 0 heterocycles. The van der Waals surface area contributed by atoms with E-state index in [0.717, 1.165) is 17.9 Å². The summed E-state index contributed by atoms with van der Waals surface area (Å²) in [4.78, 5) is 25.0. The number of carbonyl (C=O) groups is 2. The second-order valence-electron chi connectivity index (χ2n) is 5.80. The Morgan fingerprint density at radius 2 is 1.60 bits per heavy atom. The third kappa shape index (κ3) is 5.90. The molecule has 0 spiro atoms. The number of aromatic carboxylic acids is 1. The van der Waals surface area contributed by atoms with E-state index in [9.17, 15) is 9.59 Å². The maximum Gasteiger partial charge on any atom is 0.335 e. The number of allylic oxidation sites excluding steroid dienone is 1. The van der Waals surface area contributed by atoms with E-state index >= 15 is 0 Å². The van der Waals surface area contributed by atoms with Gasteiger partial charge in [-0.2, -0.15) is 0 Å². The van der Waals surface area contributed by atoms with E-state index in [1.165, 1.54) is 18.2 Å². The van der Waals surface area contributed by atoms with Crippen LogP contribution in [0.3, 0.4) is 0 Å². The zero-order valence-corrected chi connectivity index (χ0v) is 14.3. The van der Waals surface area contributed by atoms with Gasteiger partial charge in [-0.3, -0.25) is 4.79 Å². The molecule has 2 aromatic rings. The fraction of sp³-hybridized carbons (Fsp3) is 0.200. The number of ether oxygens (including phenoxy) is 1. The molecule has 2 rings (SSSR count). The Kier molecular flexibility index (Phi) is 6.48. The lowest BCUT2D eigenvalue weighted by molar-refractivity contribution is 0.0696. The molecule has 0 aliphatic carbocycles. The van der Waals surface area contributed by atoms with Crippen LogP contribution in [0.25, 0.3) is 6.08 Å². The molecular weight excluding hydrogens is 318 g/mol. The van der Waals surface area contributed by atoms with Crippen molar-refractivity contribution in [3.8, 4) is 5.75 Å². The van der Waals surface area contributed by atoms with Crippen LogP contribution >= 0.6 is 0 Å². The highest BCUT2D eigenvalue weighted by Gasteiger charge is 2.04. The number of carbonyl (C=O) groups excluding carboxylic acids is 1. The summed E-state index contributed by atoms with van der Waals surface area (Å²) < 4.78 is 5.59. The van der Waals surface area contributed by atoms with Gasteiger partial charge in [-0.25, -0.2) is 4.79 Å². The maximum absolute atomic E-state index is 12.2. The average molecular weight is 339 g/mol. The maximum atomic E-state index is 12.2. The van der Waals surface area contributed by atoms with Crippen molar-refractivity contribution in [1.82, 2.24) is 4.90 Å². The molecule has 5 nitrogen and oxygen atoms in total. The number of rotatable bonds is 8. The molecule has 0 aromatic heterocycles. The summed E-state index contributed by atoms with van der Waals surface area (Å²) in [5.74, 6) is -0.367. The number of carboxylic acid groups (broad SMARTS) is 1. The van der Waals surface area contributed by atoms with Gasteiger partial charge in [-0.15, -0.1) is 0 Å². The molecule has 2 aromatic carbocycles. The lowest BCUT2D eigenvalue weighted by Crippen LogP contribution is -2.19. The van der Waals surface area contributed by atoms with Crippen LogP contribution in [0.15, 0.2) is 54.6 Å². The summed E-state index contributed by atoms with van der Waals surface area (Å²) in [6.45, 7) is 1.41. The summed E-state index contributed by atoms with van der Waals surface area (Å²) >= 11 is 0. The van der Waals surface area contributed by atoms with Crippen LogP contribution in [0.4, 0.5) is 0 Å². The topological polar surface area (TPSA) is 66.8 Å². The molecule has 0 atom stereocenters. The van der Waals surface area contributed by atoms with Gasteiger partial charge in [0, 0.05) is 12.1 Å². The van der Waals surface area contributed by atoms with Crippen molar-refractivity contribution in [2.75, 3.05) is 27.2 Å². The first-order valence-electron chi connectivity index (χ1n) is 7.89. The largest absolute Gasteiger partial charge is 0.492 e. The Morgan fingerprint density at radius 1 is 1.00 bits per heavy atom. The molecule has 0 saturated carbocycles. The minimum Gasteiger partial charge on any atom is -0.492 e. The molecule has 130 valence electrons. The quantitative estimate of drug-likeness (QED) is 0.591. The number of likely N-dealkylation sites (N-methyl/N-ethyl adjacent to an activating group) is 1. The van der Waals surface area contributed by atoms with Crippen LogP contribution in [0.2, 0.25) is 0 Å². The zero-order valence-electron chi connectivity index (χ0n) is 14.3. The van der Waals surface area contributed by atoms with Crippen LogP contribution in [0.1, 0.15) is 26.3 Å². The van der Waals surface area contributed by atoms with Gasteiger partial charge < -0.3 is 14.7 Å². The summed E-state index contributed by atoms with van der Waals surface area (Å²) in [6, 6.07) is 13.3. The van der Waals surface area contributed by atoms with E-state index in [-0.39, 0.29) is 11.3 Å². The predicted octanol–water partition coefficient (Wildman–Crippen LogP) is 3.22. The number of carboxylic acids is 1. The fourth-order valence-electron chi connectivity index (χ4n) is 2.07. The van der Waals surface area contributed by atoms with Crippen LogP contribution < -0.4 is 4.74 Å². The van der Waals surface area contributed by atoms with Crippen LogP contribution in [0, 0.1) is 0 Å². The number of hydrogen-bond acceptors (Lipinski definition) is 4. The molecule has 0 fully saturated rings. The standard InChI is InChI=1S/C20H21NO4/c1-21(2)13-14-25-18-10-8-16(9-11-18)19(22)12-5-15-3-6-17(7-4-15)20(23)24/h3-12H,13-14H2,1-2H3,(H,23,24). The molecule has 0 bridgehead atoms. The second-order valence-corrected chi connectivity index (χ2v) is 5.80. The number of nitrogens with zero attached hydrogens (tertiary/aromatic N) is 1. The molecule has 0 radical (unpaired) electrons. The van der Waals surface area contributed by atoms with Crippen molar-refractivity contribution >= 4 is 17.8 Å². The Balaban J connectivity index is 1.94. The summed E-state index contributed by atoms with van der Waals surface area (Å²) in [6.07, 6.45) is 3.13. The van der Waals surface area contributed by atoms with E-state index in [0.29, 0.717) is 12.2 Å². The molecule has 0 unspecified atom stereocenters. The van der Waals surface area contributed by atoms with Crippen molar-refractivity contribution < 1.29 is 19.4 Å². The predicted molar refractivity (Wildman–Crippen MR) is 97.3 cm³/mol. The average Bonchev–Trinajstić information content (AvgIpc) is 2.60. The van der Waals surface area contributed by atoms with Gasteiger partial charge in [0.15, 0.2) is 5.78 Å². The van der Waals surface area contributed by atoms with Crippen molar-refractivity contribution in [3.63, 3.8) is 0 Å². The molecular formula is C20H21NO4. The lowest BCUT2D eigenvalue weighted by atomic mass is 10.1. The van der Waals surface area contributed by atoms with Crippen molar-refractivity contribution in [3.05, 3.63) is 71.3 Å². The zero-order chi connectivity index (χ0) is 18.2. The van der Waals surface area contributed by atoms with Crippen molar-refractivity contribution in [2.45, 2.75) is 0 Å². The molecule has 0 amide bonds. The van der Waals surface area contributed by atoms with Gasteiger partial charge in [-0.1, -0.05) is 18.2 Å². The van der Waals surface area contributed by atoms with Gasteiger partial charge in [0.2, 0.25) is 0 Å². The first-order chi connectivity index (χ1) is 12.0. The van der Waals surface area contributed by atoms with Crippen molar-refractivity contribution in [2.24, 2.45) is 0 Å². The number of ketones is 1. The molecule has 5 heteroatoms. The molecule has 25 heavy (non-hydrogen) atoms. The minimum absolute atomic E-state index is 0.123. The lowest BCUT2D eigenvalue weighted by Gasteiger charge is -2.10. The summed E-state index contributed by atoms with van der Waals surface area (Å²) in [7, 11) is 3.96. The Labute approximate surface area is 147 Å². The summed E-state index contributed by atoms with van der Waals surface area (Å²) in [5, 5.41) is 8.86. The van der Waals surface area contributed by atoms with E-state index in [1.54, 1.807) is 42.5 Å². The SMILES string of the molecule is CN(C)CCOc1ccc(C(=O)C=Cc2ccc(C(=O)O)cc2)cc1. The summed E-state index contributed by atoms with van der Waals surface area (Å²) in [5.41, 5.74) is 1.55. The highest BCUT2D eigenvalue weighted by Crippen LogP contribution is 2.14. The van der Waals surface area contributed by atoms with Crippen LogP contribution in [-0.2, 0) is 0 Å². The normalized spacial score (nSPS) is 11.0. The highest BCUT2D eigenvalue weighted by atomic mass is 16.5. The van der Waals surface area contributed by atoms with E-state index in [4.69, 9.17) is 9.84 Å². The number of hydrogen-bond donors (Lipinski definition) is 1. The van der Waals surface area contributed by atoms with Gasteiger partial charge in [0.25, 0.3) is 0 Å². The third-order valence-electron chi connectivity index (χ3n) is 3.53. The first kappa shape index (κ1) is 18.4. The van der Waals surface area contributed by atoms with Gasteiger partial charge in [0.1, 0.15) is 12.4 Å². The Morgan fingerprint density at radius 3 is 2.16 bits per heavy atom. The third-order valence-corrected chi connectivity index (χ3v) is 3.53. The molecule has 0 saturated heterocycles.